The summed E-state index contributed by atoms with van der Waals surface area (Å²) in [6.45, 7) is 2.93. The first kappa shape index (κ1) is 18.8. The normalized spacial score (nSPS) is 13.2. The summed E-state index contributed by atoms with van der Waals surface area (Å²) >= 11 is 0. The zero-order valence-electron chi connectivity index (χ0n) is 16.7. The predicted molar refractivity (Wildman–Crippen MR) is 117 cm³/mol. The molecule has 0 aliphatic carbocycles. The van der Waals surface area contributed by atoms with Crippen LogP contribution >= 0.6 is 0 Å². The lowest BCUT2D eigenvalue weighted by atomic mass is 10.0. The molecule has 0 atom stereocenters. The van der Waals surface area contributed by atoms with E-state index >= 15 is 0 Å². The monoisotopic (exact) mass is 371 g/mol. The summed E-state index contributed by atoms with van der Waals surface area (Å²) in [6.07, 6.45) is 4.57. The zero-order chi connectivity index (χ0) is 19.2. The molecule has 0 unspecified atom stereocenters. The standard InChI is InChI=1S/C26H29NO/c1-27(20-22-13-16-25-10-6-18-28-26(25)19-22)17-5-7-21-11-14-24(15-12-21)23-8-3-2-4-9-23/h2-4,8-9,11-16,19H,5-7,10,17-18,20H2,1H3. The Morgan fingerprint density at radius 2 is 1.61 bits per heavy atom. The molecule has 3 aromatic carbocycles. The van der Waals surface area contributed by atoms with Crippen molar-refractivity contribution in [1.82, 2.24) is 4.90 Å². The summed E-state index contributed by atoms with van der Waals surface area (Å²) in [6, 6.07) is 26.3. The molecule has 0 saturated heterocycles. The van der Waals surface area contributed by atoms with Crippen LogP contribution in [0.2, 0.25) is 0 Å². The highest BCUT2D eigenvalue weighted by molar-refractivity contribution is 5.63. The molecule has 0 spiro atoms. The molecule has 0 fully saturated rings. The smallest absolute Gasteiger partial charge is 0.122 e. The Kier molecular flexibility index (Phi) is 6.08. The molecular weight excluding hydrogens is 342 g/mol. The van der Waals surface area contributed by atoms with Crippen LogP contribution in [0.3, 0.4) is 0 Å². The van der Waals surface area contributed by atoms with Crippen molar-refractivity contribution in [2.24, 2.45) is 0 Å². The quantitative estimate of drug-likeness (QED) is 0.525. The van der Waals surface area contributed by atoms with Crippen LogP contribution in [0, 0.1) is 0 Å². The number of hydrogen-bond acceptors (Lipinski definition) is 2. The molecule has 3 aromatic rings. The van der Waals surface area contributed by atoms with E-state index in [0.29, 0.717) is 0 Å². The lowest BCUT2D eigenvalue weighted by Gasteiger charge is -2.20. The Hall–Kier alpha value is -2.58. The minimum Gasteiger partial charge on any atom is -0.493 e. The zero-order valence-corrected chi connectivity index (χ0v) is 16.7. The third kappa shape index (κ3) is 4.82. The fraction of sp³-hybridized carbons (Fsp3) is 0.308. The lowest BCUT2D eigenvalue weighted by molar-refractivity contribution is 0.286. The molecule has 0 amide bonds. The average Bonchev–Trinajstić information content (AvgIpc) is 2.75. The van der Waals surface area contributed by atoms with Gasteiger partial charge in [0.15, 0.2) is 0 Å². The lowest BCUT2D eigenvalue weighted by Crippen LogP contribution is -2.20. The number of fused-ring (bicyclic) bond motifs is 1. The largest absolute Gasteiger partial charge is 0.493 e. The van der Waals surface area contributed by atoms with Crippen molar-refractivity contribution in [3.63, 3.8) is 0 Å². The molecule has 0 aromatic heterocycles. The van der Waals surface area contributed by atoms with E-state index in [0.717, 1.165) is 44.7 Å². The Labute approximate surface area is 168 Å². The summed E-state index contributed by atoms with van der Waals surface area (Å²) in [7, 11) is 2.21. The number of aryl methyl sites for hydroxylation is 2. The van der Waals surface area contributed by atoms with Gasteiger partial charge in [-0.2, -0.15) is 0 Å². The van der Waals surface area contributed by atoms with Crippen LogP contribution in [0.5, 0.6) is 5.75 Å². The van der Waals surface area contributed by atoms with E-state index in [1.165, 1.54) is 34.2 Å². The highest BCUT2D eigenvalue weighted by Gasteiger charge is 2.11. The van der Waals surface area contributed by atoms with E-state index in [4.69, 9.17) is 4.74 Å². The van der Waals surface area contributed by atoms with Gasteiger partial charge in [-0.1, -0.05) is 66.7 Å². The van der Waals surface area contributed by atoms with E-state index in [9.17, 15) is 0 Å². The molecule has 0 saturated carbocycles. The minimum atomic E-state index is 0.857. The fourth-order valence-corrected chi connectivity index (χ4v) is 3.92. The van der Waals surface area contributed by atoms with Gasteiger partial charge in [-0.05, 0) is 73.2 Å². The molecular formula is C26H29NO. The minimum absolute atomic E-state index is 0.857. The van der Waals surface area contributed by atoms with E-state index in [-0.39, 0.29) is 0 Å². The average molecular weight is 372 g/mol. The number of rotatable bonds is 7. The van der Waals surface area contributed by atoms with Crippen molar-refractivity contribution >= 4 is 0 Å². The van der Waals surface area contributed by atoms with Gasteiger partial charge in [0.1, 0.15) is 5.75 Å². The third-order valence-electron chi connectivity index (χ3n) is 5.50. The maximum absolute atomic E-state index is 5.81. The molecule has 0 N–H and O–H groups in total. The second-order valence-corrected chi connectivity index (χ2v) is 7.80. The van der Waals surface area contributed by atoms with Gasteiger partial charge < -0.3 is 9.64 Å². The maximum atomic E-state index is 5.81. The summed E-state index contributed by atoms with van der Waals surface area (Å²) in [5.74, 6) is 1.09. The van der Waals surface area contributed by atoms with Gasteiger partial charge in [0.2, 0.25) is 0 Å². The van der Waals surface area contributed by atoms with Gasteiger partial charge in [0.05, 0.1) is 6.61 Å². The molecule has 2 heteroatoms. The highest BCUT2D eigenvalue weighted by Crippen LogP contribution is 2.26. The third-order valence-corrected chi connectivity index (χ3v) is 5.50. The molecule has 1 heterocycles. The fourth-order valence-electron chi connectivity index (χ4n) is 3.92. The first-order valence-electron chi connectivity index (χ1n) is 10.4. The summed E-state index contributed by atoms with van der Waals surface area (Å²) in [4.78, 5) is 2.41. The van der Waals surface area contributed by atoms with Crippen LogP contribution in [0.15, 0.2) is 72.8 Å². The van der Waals surface area contributed by atoms with Gasteiger partial charge in [-0.15, -0.1) is 0 Å². The van der Waals surface area contributed by atoms with Gasteiger partial charge in [-0.25, -0.2) is 0 Å². The van der Waals surface area contributed by atoms with Crippen LogP contribution in [-0.2, 0) is 19.4 Å². The number of benzene rings is 3. The second kappa shape index (κ2) is 9.07. The second-order valence-electron chi connectivity index (χ2n) is 7.80. The SMILES string of the molecule is CN(CCCc1ccc(-c2ccccc2)cc1)Cc1ccc2c(c1)OCCC2. The van der Waals surface area contributed by atoms with Gasteiger partial charge >= 0.3 is 0 Å². The van der Waals surface area contributed by atoms with Crippen molar-refractivity contribution in [1.29, 1.82) is 0 Å². The Morgan fingerprint density at radius 1 is 0.857 bits per heavy atom. The van der Waals surface area contributed by atoms with Gasteiger partial charge in [0, 0.05) is 6.54 Å². The molecule has 0 bridgehead atoms. The Morgan fingerprint density at radius 3 is 2.43 bits per heavy atom. The molecule has 1 aliphatic heterocycles. The van der Waals surface area contributed by atoms with Crippen LogP contribution in [0.25, 0.3) is 11.1 Å². The van der Waals surface area contributed by atoms with Crippen LogP contribution in [0.4, 0.5) is 0 Å². The Balaban J connectivity index is 1.25. The van der Waals surface area contributed by atoms with E-state index in [2.05, 4.69) is 84.7 Å². The van der Waals surface area contributed by atoms with E-state index in [1.807, 2.05) is 0 Å². The molecule has 0 radical (unpaired) electrons. The first-order chi connectivity index (χ1) is 13.8. The van der Waals surface area contributed by atoms with Crippen LogP contribution in [0.1, 0.15) is 29.5 Å². The van der Waals surface area contributed by atoms with Crippen molar-refractivity contribution in [2.45, 2.75) is 32.2 Å². The predicted octanol–water partition coefficient (Wildman–Crippen LogP) is 5.74. The Bertz CT molecular complexity index is 886. The van der Waals surface area contributed by atoms with E-state index in [1.54, 1.807) is 0 Å². The van der Waals surface area contributed by atoms with Crippen molar-refractivity contribution in [2.75, 3.05) is 20.2 Å². The van der Waals surface area contributed by atoms with E-state index < -0.39 is 0 Å². The highest BCUT2D eigenvalue weighted by atomic mass is 16.5. The number of nitrogens with zero attached hydrogens (tertiary/aromatic N) is 1. The van der Waals surface area contributed by atoms with Crippen molar-refractivity contribution < 1.29 is 4.74 Å². The molecule has 2 nitrogen and oxygen atoms in total. The van der Waals surface area contributed by atoms with Gasteiger partial charge in [-0.3, -0.25) is 0 Å². The topological polar surface area (TPSA) is 12.5 Å². The number of ether oxygens (including phenoxy) is 1. The molecule has 28 heavy (non-hydrogen) atoms. The molecule has 144 valence electrons. The number of hydrogen-bond donors (Lipinski definition) is 0. The molecule has 1 aliphatic rings. The van der Waals surface area contributed by atoms with Gasteiger partial charge in [0.25, 0.3) is 0 Å². The van der Waals surface area contributed by atoms with Crippen LogP contribution < -0.4 is 4.74 Å². The van der Waals surface area contributed by atoms with Crippen LogP contribution in [-0.4, -0.2) is 25.1 Å². The first-order valence-corrected chi connectivity index (χ1v) is 10.4. The van der Waals surface area contributed by atoms with Crippen molar-refractivity contribution in [3.05, 3.63) is 89.5 Å². The maximum Gasteiger partial charge on any atom is 0.122 e. The summed E-state index contributed by atoms with van der Waals surface area (Å²) in [5.41, 5.74) is 6.68. The summed E-state index contributed by atoms with van der Waals surface area (Å²) in [5, 5.41) is 0. The summed E-state index contributed by atoms with van der Waals surface area (Å²) < 4.78 is 5.81. The molecule has 4 rings (SSSR count). The van der Waals surface area contributed by atoms with Crippen molar-refractivity contribution in [3.8, 4) is 16.9 Å².